The van der Waals surface area contributed by atoms with Gasteiger partial charge in [-0.2, -0.15) is 5.10 Å². The van der Waals surface area contributed by atoms with Crippen LogP contribution in [0.5, 0.6) is 17.2 Å². The van der Waals surface area contributed by atoms with Crippen molar-refractivity contribution in [2.75, 3.05) is 7.11 Å². The molecule has 0 bridgehead atoms. The van der Waals surface area contributed by atoms with E-state index < -0.39 is 6.10 Å². The zero-order valence-electron chi connectivity index (χ0n) is 17.2. The van der Waals surface area contributed by atoms with Crippen LogP contribution in [0, 0.1) is 0 Å². The van der Waals surface area contributed by atoms with E-state index in [9.17, 15) is 4.79 Å². The minimum Gasteiger partial charge on any atom is -0.496 e. The Balaban J connectivity index is 1.49. The molecule has 3 rings (SSSR count). The number of carbonyl (C=O) groups is 1. The Morgan fingerprint density at radius 1 is 1.06 bits per heavy atom. The highest BCUT2D eigenvalue weighted by Gasteiger charge is 2.14. The zero-order valence-corrected chi connectivity index (χ0v) is 18.8. The van der Waals surface area contributed by atoms with Crippen LogP contribution in [0.25, 0.3) is 0 Å². The average Bonchev–Trinajstić information content (AvgIpc) is 2.79. The molecule has 7 heteroatoms. The first-order valence-electron chi connectivity index (χ1n) is 9.65. The molecule has 0 unspecified atom stereocenters. The Morgan fingerprint density at radius 2 is 1.77 bits per heavy atom. The van der Waals surface area contributed by atoms with Crippen molar-refractivity contribution in [3.05, 3.63) is 88.4 Å². The normalized spacial score (nSPS) is 11.7. The van der Waals surface area contributed by atoms with Gasteiger partial charge in [0.15, 0.2) is 6.10 Å². The molecule has 3 aromatic carbocycles. The average molecular weight is 483 g/mol. The maximum atomic E-state index is 12.3. The summed E-state index contributed by atoms with van der Waals surface area (Å²) in [4.78, 5) is 12.3. The molecule has 0 heterocycles. The van der Waals surface area contributed by atoms with Gasteiger partial charge in [0.05, 0.1) is 13.3 Å². The summed E-state index contributed by atoms with van der Waals surface area (Å²) in [5.41, 5.74) is 4.31. The standard InChI is InChI=1S/C24H23BrN2O4/c1-17(24(28)27-26-15-19-14-20(25)8-13-23(19)29-2)31-22-11-9-21(10-12-22)30-16-18-6-4-3-5-7-18/h3-15,17H,16H2,1-2H3,(H,27,28)/b26-15-/t17-/m1/s1. The SMILES string of the molecule is COc1ccc(Br)cc1/C=N\NC(=O)[C@@H](C)Oc1ccc(OCc2ccccc2)cc1. The highest BCUT2D eigenvalue weighted by Crippen LogP contribution is 2.21. The molecule has 0 fully saturated rings. The van der Waals surface area contributed by atoms with Crippen LogP contribution in [-0.2, 0) is 11.4 Å². The number of ether oxygens (including phenoxy) is 3. The predicted octanol–water partition coefficient (Wildman–Crippen LogP) is 4.95. The van der Waals surface area contributed by atoms with Crippen molar-refractivity contribution in [2.45, 2.75) is 19.6 Å². The maximum absolute atomic E-state index is 12.3. The lowest BCUT2D eigenvalue weighted by Gasteiger charge is -2.13. The summed E-state index contributed by atoms with van der Waals surface area (Å²) in [6, 6.07) is 22.6. The van der Waals surface area contributed by atoms with E-state index in [-0.39, 0.29) is 5.91 Å². The third-order valence-electron chi connectivity index (χ3n) is 4.32. The lowest BCUT2D eigenvalue weighted by molar-refractivity contribution is -0.127. The number of benzene rings is 3. The second kappa shape index (κ2) is 11.2. The Bertz CT molecular complexity index is 1020. The van der Waals surface area contributed by atoms with Gasteiger partial charge < -0.3 is 14.2 Å². The van der Waals surface area contributed by atoms with Crippen LogP contribution in [-0.4, -0.2) is 25.3 Å². The largest absolute Gasteiger partial charge is 0.496 e. The van der Waals surface area contributed by atoms with Gasteiger partial charge in [-0.05, 0) is 55.0 Å². The first kappa shape index (κ1) is 22.4. The van der Waals surface area contributed by atoms with E-state index in [0.29, 0.717) is 18.1 Å². The number of hydrogen-bond donors (Lipinski definition) is 1. The Labute approximate surface area is 190 Å². The Morgan fingerprint density at radius 3 is 2.48 bits per heavy atom. The van der Waals surface area contributed by atoms with E-state index in [2.05, 4.69) is 26.5 Å². The van der Waals surface area contributed by atoms with Crippen LogP contribution >= 0.6 is 15.9 Å². The van der Waals surface area contributed by atoms with Crippen LogP contribution in [0.1, 0.15) is 18.1 Å². The number of hydrogen-bond acceptors (Lipinski definition) is 5. The van der Waals surface area contributed by atoms with Crippen LogP contribution in [0.3, 0.4) is 0 Å². The molecule has 0 aliphatic rings. The third kappa shape index (κ3) is 6.86. The fourth-order valence-corrected chi connectivity index (χ4v) is 3.05. The van der Waals surface area contributed by atoms with Crippen molar-refractivity contribution in [1.29, 1.82) is 0 Å². The van der Waals surface area contributed by atoms with Gasteiger partial charge >= 0.3 is 0 Å². The lowest BCUT2D eigenvalue weighted by Crippen LogP contribution is -2.33. The molecule has 1 atom stereocenters. The molecule has 31 heavy (non-hydrogen) atoms. The molecule has 0 aliphatic carbocycles. The molecule has 6 nitrogen and oxygen atoms in total. The Kier molecular flexibility index (Phi) is 8.06. The molecular weight excluding hydrogens is 460 g/mol. The number of halogens is 1. The summed E-state index contributed by atoms with van der Waals surface area (Å²) < 4.78 is 17.6. The lowest BCUT2D eigenvalue weighted by atomic mass is 10.2. The molecular formula is C24H23BrN2O4. The quantitative estimate of drug-likeness (QED) is 0.345. The Hall–Kier alpha value is -3.32. The molecule has 0 spiro atoms. The highest BCUT2D eigenvalue weighted by atomic mass is 79.9. The number of nitrogens with zero attached hydrogens (tertiary/aromatic N) is 1. The van der Waals surface area contributed by atoms with Gasteiger partial charge in [0.25, 0.3) is 5.91 Å². The number of carbonyl (C=O) groups excluding carboxylic acids is 1. The summed E-state index contributed by atoms with van der Waals surface area (Å²) in [5.74, 6) is 1.57. The van der Waals surface area contributed by atoms with Crippen LogP contribution in [0.15, 0.2) is 82.4 Å². The van der Waals surface area contributed by atoms with Crippen molar-refractivity contribution in [1.82, 2.24) is 5.43 Å². The van der Waals surface area contributed by atoms with Gasteiger partial charge in [0.2, 0.25) is 0 Å². The topological polar surface area (TPSA) is 69.2 Å². The fraction of sp³-hybridized carbons (Fsp3) is 0.167. The van der Waals surface area contributed by atoms with Crippen molar-refractivity contribution < 1.29 is 19.0 Å². The van der Waals surface area contributed by atoms with E-state index in [1.165, 1.54) is 6.21 Å². The molecule has 0 saturated heterocycles. The van der Waals surface area contributed by atoms with Gasteiger partial charge in [0, 0.05) is 10.0 Å². The monoisotopic (exact) mass is 482 g/mol. The van der Waals surface area contributed by atoms with Gasteiger partial charge in [-0.15, -0.1) is 0 Å². The second-order valence-corrected chi connectivity index (χ2v) is 7.54. The first-order valence-corrected chi connectivity index (χ1v) is 10.4. The molecule has 0 aromatic heterocycles. The summed E-state index contributed by atoms with van der Waals surface area (Å²) in [5, 5.41) is 4.00. The van der Waals surface area contributed by atoms with Crippen molar-refractivity contribution in [3.63, 3.8) is 0 Å². The maximum Gasteiger partial charge on any atom is 0.280 e. The minimum absolute atomic E-state index is 0.366. The highest BCUT2D eigenvalue weighted by molar-refractivity contribution is 9.10. The summed E-state index contributed by atoms with van der Waals surface area (Å²) in [6.45, 7) is 2.14. The number of rotatable bonds is 9. The van der Waals surface area contributed by atoms with Crippen molar-refractivity contribution in [2.24, 2.45) is 5.10 Å². The fourth-order valence-electron chi connectivity index (χ4n) is 2.68. The smallest absolute Gasteiger partial charge is 0.280 e. The predicted molar refractivity (Wildman–Crippen MR) is 124 cm³/mol. The second-order valence-electron chi connectivity index (χ2n) is 6.63. The summed E-state index contributed by atoms with van der Waals surface area (Å²) in [7, 11) is 1.58. The van der Waals surface area contributed by atoms with Crippen LogP contribution < -0.4 is 19.6 Å². The number of hydrazone groups is 1. The first-order chi connectivity index (χ1) is 15.0. The summed E-state index contributed by atoms with van der Waals surface area (Å²) in [6.07, 6.45) is 0.797. The number of methoxy groups -OCH3 is 1. The third-order valence-corrected chi connectivity index (χ3v) is 4.82. The molecule has 160 valence electrons. The van der Waals surface area contributed by atoms with Crippen LogP contribution in [0.4, 0.5) is 0 Å². The van der Waals surface area contributed by atoms with Gasteiger partial charge in [-0.3, -0.25) is 4.79 Å². The van der Waals surface area contributed by atoms with E-state index in [1.54, 1.807) is 38.3 Å². The number of nitrogens with one attached hydrogen (secondary N) is 1. The van der Waals surface area contributed by atoms with E-state index in [4.69, 9.17) is 14.2 Å². The molecule has 1 amide bonds. The van der Waals surface area contributed by atoms with Crippen molar-refractivity contribution in [3.8, 4) is 17.2 Å². The molecule has 1 N–H and O–H groups in total. The van der Waals surface area contributed by atoms with E-state index in [1.807, 2.05) is 48.5 Å². The minimum atomic E-state index is -0.724. The van der Waals surface area contributed by atoms with Gasteiger partial charge in [-0.25, -0.2) is 5.43 Å². The molecule has 0 saturated carbocycles. The molecule has 0 radical (unpaired) electrons. The van der Waals surface area contributed by atoms with E-state index >= 15 is 0 Å². The van der Waals surface area contributed by atoms with Crippen molar-refractivity contribution >= 4 is 28.1 Å². The molecule has 3 aromatic rings. The van der Waals surface area contributed by atoms with Gasteiger partial charge in [-0.1, -0.05) is 46.3 Å². The zero-order chi connectivity index (χ0) is 22.1. The van der Waals surface area contributed by atoms with Gasteiger partial charge in [0.1, 0.15) is 23.9 Å². The molecule has 0 aliphatic heterocycles. The number of amides is 1. The summed E-state index contributed by atoms with van der Waals surface area (Å²) >= 11 is 3.40. The van der Waals surface area contributed by atoms with E-state index in [0.717, 1.165) is 21.3 Å². The van der Waals surface area contributed by atoms with Crippen LogP contribution in [0.2, 0.25) is 0 Å².